The number of pyridine rings is 1. The van der Waals surface area contributed by atoms with Gasteiger partial charge in [0.1, 0.15) is 21.3 Å². The van der Waals surface area contributed by atoms with E-state index in [0.717, 1.165) is 0 Å². The van der Waals surface area contributed by atoms with Gasteiger partial charge < -0.3 is 9.84 Å². The first-order valence-corrected chi connectivity index (χ1v) is 7.29. The first-order chi connectivity index (χ1) is 8.44. The standard InChI is InChI=1S/C11H15NO5S/c1-2-18(15,16)7-3-6-17-9-4-5-10(11(13)14)12-8-9/h4-5,8H,2-3,6-7H2,1H3,(H,13,14). The molecule has 1 N–H and O–H groups in total. The molecule has 0 unspecified atom stereocenters. The van der Waals surface area contributed by atoms with Gasteiger partial charge in [0.15, 0.2) is 0 Å². The molecule has 0 aliphatic carbocycles. The van der Waals surface area contributed by atoms with Crippen LogP contribution in [0.3, 0.4) is 0 Å². The minimum atomic E-state index is -2.97. The zero-order valence-corrected chi connectivity index (χ0v) is 10.8. The summed E-state index contributed by atoms with van der Waals surface area (Å²) in [6.07, 6.45) is 1.70. The summed E-state index contributed by atoms with van der Waals surface area (Å²) in [6.45, 7) is 1.86. The number of carbonyl (C=O) groups is 1. The van der Waals surface area contributed by atoms with Crippen molar-refractivity contribution < 1.29 is 23.1 Å². The van der Waals surface area contributed by atoms with Crippen molar-refractivity contribution in [1.82, 2.24) is 4.98 Å². The third-order valence-electron chi connectivity index (χ3n) is 2.26. The van der Waals surface area contributed by atoms with Crippen LogP contribution < -0.4 is 4.74 Å². The highest BCUT2D eigenvalue weighted by Crippen LogP contribution is 2.09. The molecule has 1 rings (SSSR count). The third kappa shape index (κ3) is 4.70. The van der Waals surface area contributed by atoms with Gasteiger partial charge in [0.2, 0.25) is 0 Å². The van der Waals surface area contributed by atoms with Crippen molar-refractivity contribution in [2.24, 2.45) is 0 Å². The van der Waals surface area contributed by atoms with Crippen LogP contribution in [0.25, 0.3) is 0 Å². The minimum absolute atomic E-state index is 0.0593. The number of hydrogen-bond acceptors (Lipinski definition) is 5. The Balaban J connectivity index is 2.38. The zero-order chi connectivity index (χ0) is 13.6. The summed E-state index contributed by atoms with van der Waals surface area (Å²) in [4.78, 5) is 14.2. The highest BCUT2D eigenvalue weighted by molar-refractivity contribution is 7.91. The second-order valence-corrected chi connectivity index (χ2v) is 6.10. The van der Waals surface area contributed by atoms with E-state index in [2.05, 4.69) is 4.98 Å². The van der Waals surface area contributed by atoms with Crippen molar-refractivity contribution in [1.29, 1.82) is 0 Å². The molecule has 1 aromatic rings. The summed E-state index contributed by atoms with van der Waals surface area (Å²) in [7, 11) is -2.97. The average molecular weight is 273 g/mol. The van der Waals surface area contributed by atoms with E-state index in [1.165, 1.54) is 18.3 Å². The predicted molar refractivity (Wildman–Crippen MR) is 65.6 cm³/mol. The van der Waals surface area contributed by atoms with Crippen LogP contribution in [0.5, 0.6) is 5.75 Å². The third-order valence-corrected chi connectivity index (χ3v) is 4.05. The van der Waals surface area contributed by atoms with E-state index in [0.29, 0.717) is 12.2 Å². The van der Waals surface area contributed by atoms with Crippen molar-refractivity contribution in [3.63, 3.8) is 0 Å². The van der Waals surface area contributed by atoms with E-state index in [9.17, 15) is 13.2 Å². The molecule has 0 aromatic carbocycles. The molecule has 1 aromatic heterocycles. The Morgan fingerprint density at radius 1 is 1.44 bits per heavy atom. The van der Waals surface area contributed by atoms with E-state index in [-0.39, 0.29) is 23.8 Å². The highest BCUT2D eigenvalue weighted by Gasteiger charge is 2.07. The van der Waals surface area contributed by atoms with Crippen LogP contribution in [0.1, 0.15) is 23.8 Å². The number of aromatic carboxylic acids is 1. The Bertz CT molecular complexity index is 495. The zero-order valence-electron chi connectivity index (χ0n) is 10.00. The lowest BCUT2D eigenvalue weighted by Crippen LogP contribution is -2.12. The number of sulfone groups is 1. The van der Waals surface area contributed by atoms with Crippen LogP contribution in [0.4, 0.5) is 0 Å². The number of ether oxygens (including phenoxy) is 1. The van der Waals surface area contributed by atoms with Crippen molar-refractivity contribution in [3.8, 4) is 5.75 Å². The SMILES string of the molecule is CCS(=O)(=O)CCCOc1ccc(C(=O)O)nc1. The van der Waals surface area contributed by atoms with Gasteiger partial charge in [0, 0.05) is 5.75 Å². The number of carboxylic acids is 1. The van der Waals surface area contributed by atoms with Crippen LogP contribution in [0.2, 0.25) is 0 Å². The topological polar surface area (TPSA) is 93.6 Å². The van der Waals surface area contributed by atoms with Gasteiger partial charge in [-0.1, -0.05) is 6.92 Å². The van der Waals surface area contributed by atoms with Crippen molar-refractivity contribution in [2.75, 3.05) is 18.1 Å². The number of nitrogens with zero attached hydrogens (tertiary/aromatic N) is 1. The van der Waals surface area contributed by atoms with Gasteiger partial charge in [-0.25, -0.2) is 18.2 Å². The monoisotopic (exact) mass is 273 g/mol. The van der Waals surface area contributed by atoms with E-state index >= 15 is 0 Å². The molecule has 0 fully saturated rings. The molecule has 1 heterocycles. The van der Waals surface area contributed by atoms with Crippen LogP contribution >= 0.6 is 0 Å². The second kappa shape index (κ2) is 6.34. The molecule has 100 valence electrons. The molecule has 0 saturated heterocycles. The summed E-state index contributed by atoms with van der Waals surface area (Å²) in [5.41, 5.74) is -0.0593. The molecule has 0 bridgehead atoms. The van der Waals surface area contributed by atoms with Crippen LogP contribution in [-0.2, 0) is 9.84 Å². The summed E-state index contributed by atoms with van der Waals surface area (Å²) < 4.78 is 27.7. The van der Waals surface area contributed by atoms with E-state index in [4.69, 9.17) is 9.84 Å². The normalized spacial score (nSPS) is 11.2. The fraction of sp³-hybridized carbons (Fsp3) is 0.455. The molecule has 6 nitrogen and oxygen atoms in total. The maximum Gasteiger partial charge on any atom is 0.354 e. The molecule has 0 amide bonds. The van der Waals surface area contributed by atoms with Crippen molar-refractivity contribution >= 4 is 15.8 Å². The molecule has 0 atom stereocenters. The Kier molecular flexibility index (Phi) is 5.08. The lowest BCUT2D eigenvalue weighted by Gasteiger charge is -2.05. The van der Waals surface area contributed by atoms with E-state index < -0.39 is 15.8 Å². The molecule has 0 aliphatic heterocycles. The molecule has 0 radical (unpaired) electrons. The van der Waals surface area contributed by atoms with Crippen LogP contribution in [-0.4, -0.2) is 42.6 Å². The lowest BCUT2D eigenvalue weighted by atomic mass is 10.3. The largest absolute Gasteiger partial charge is 0.492 e. The molecule has 0 saturated carbocycles. The van der Waals surface area contributed by atoms with Crippen LogP contribution in [0.15, 0.2) is 18.3 Å². The number of hydrogen-bond donors (Lipinski definition) is 1. The summed E-state index contributed by atoms with van der Waals surface area (Å²) in [5, 5.41) is 8.64. The number of carboxylic acid groups (broad SMARTS) is 1. The molecule has 0 spiro atoms. The van der Waals surface area contributed by atoms with E-state index in [1.54, 1.807) is 6.92 Å². The smallest absolute Gasteiger partial charge is 0.354 e. The van der Waals surface area contributed by atoms with Gasteiger partial charge in [-0.15, -0.1) is 0 Å². The molecule has 7 heteroatoms. The first kappa shape index (κ1) is 14.4. The van der Waals surface area contributed by atoms with Crippen molar-refractivity contribution in [3.05, 3.63) is 24.0 Å². The minimum Gasteiger partial charge on any atom is -0.492 e. The maximum atomic E-state index is 11.2. The molecular weight excluding hydrogens is 258 g/mol. The predicted octanol–water partition coefficient (Wildman–Crippen LogP) is 0.983. The number of aromatic nitrogens is 1. The van der Waals surface area contributed by atoms with Crippen LogP contribution in [0, 0.1) is 0 Å². The van der Waals surface area contributed by atoms with Crippen molar-refractivity contribution in [2.45, 2.75) is 13.3 Å². The Morgan fingerprint density at radius 3 is 2.67 bits per heavy atom. The first-order valence-electron chi connectivity index (χ1n) is 5.47. The molecular formula is C11H15NO5S. The van der Waals surface area contributed by atoms with Gasteiger partial charge in [-0.2, -0.15) is 0 Å². The average Bonchev–Trinajstić information content (AvgIpc) is 2.35. The second-order valence-electron chi connectivity index (χ2n) is 3.62. The summed E-state index contributed by atoms with van der Waals surface area (Å²) in [5.74, 6) is -0.462. The number of rotatable bonds is 7. The summed E-state index contributed by atoms with van der Waals surface area (Å²) in [6, 6.07) is 2.82. The van der Waals surface area contributed by atoms with Gasteiger partial charge in [0.25, 0.3) is 0 Å². The van der Waals surface area contributed by atoms with E-state index in [1.807, 2.05) is 0 Å². The fourth-order valence-electron chi connectivity index (χ4n) is 1.21. The fourth-order valence-corrected chi connectivity index (χ4v) is 2.05. The Labute approximate surface area is 106 Å². The molecule has 0 aliphatic rings. The highest BCUT2D eigenvalue weighted by atomic mass is 32.2. The van der Waals surface area contributed by atoms with Gasteiger partial charge in [0.05, 0.1) is 18.6 Å². The van der Waals surface area contributed by atoms with Gasteiger partial charge in [-0.3, -0.25) is 0 Å². The quantitative estimate of drug-likeness (QED) is 0.744. The lowest BCUT2D eigenvalue weighted by molar-refractivity contribution is 0.0690. The Morgan fingerprint density at radius 2 is 2.17 bits per heavy atom. The van der Waals surface area contributed by atoms with Gasteiger partial charge in [-0.05, 0) is 18.6 Å². The Hall–Kier alpha value is -1.63. The van der Waals surface area contributed by atoms with Gasteiger partial charge >= 0.3 is 5.97 Å². The maximum absolute atomic E-state index is 11.2. The molecule has 18 heavy (non-hydrogen) atoms. The summed E-state index contributed by atoms with van der Waals surface area (Å²) >= 11 is 0.